The molecular formula is C22H34O4SSi2. The normalized spacial score (nSPS) is 12.1. The van der Waals surface area contributed by atoms with Crippen molar-refractivity contribution < 1.29 is 17.4 Å². The van der Waals surface area contributed by atoms with E-state index in [9.17, 15) is 0 Å². The zero-order valence-electron chi connectivity index (χ0n) is 18.1. The maximum Gasteiger partial charge on any atom is 0.491 e. The number of aryl methyl sites for hydroxylation is 2. The van der Waals surface area contributed by atoms with Crippen LogP contribution in [0.5, 0.6) is 0 Å². The van der Waals surface area contributed by atoms with Crippen LogP contribution < -0.4 is 0 Å². The smallest absolute Gasteiger partial charge is 0.403 e. The van der Waals surface area contributed by atoms with Gasteiger partial charge in [-0.1, -0.05) is 41.6 Å². The highest BCUT2D eigenvalue weighted by molar-refractivity contribution is 7.99. The Bertz CT molecular complexity index is 706. The van der Waals surface area contributed by atoms with E-state index in [1.165, 1.54) is 20.9 Å². The molecule has 2 aromatic rings. The molecule has 0 aliphatic heterocycles. The van der Waals surface area contributed by atoms with Gasteiger partial charge in [0.05, 0.1) is 0 Å². The number of benzene rings is 2. The molecule has 0 atom stereocenters. The second-order valence-electron chi connectivity index (χ2n) is 6.87. The van der Waals surface area contributed by atoms with Crippen molar-refractivity contribution in [1.82, 2.24) is 0 Å². The maximum absolute atomic E-state index is 6.01. The fourth-order valence-corrected chi connectivity index (χ4v) is 8.38. The molecule has 0 heterocycles. The molecule has 2 rings (SSSR count). The van der Waals surface area contributed by atoms with E-state index in [4.69, 9.17) is 17.4 Å². The van der Waals surface area contributed by atoms with Gasteiger partial charge in [-0.3, -0.25) is 0 Å². The Hall–Kier alpha value is -0.936. The number of hydrogen-bond acceptors (Lipinski definition) is 5. The second kappa shape index (κ2) is 13.4. The molecule has 0 saturated heterocycles. The molecule has 0 fully saturated rings. The van der Waals surface area contributed by atoms with Crippen LogP contribution >= 0.6 is 11.8 Å². The Labute approximate surface area is 183 Å². The molecule has 0 unspecified atom stereocenters. The average Bonchev–Trinajstić information content (AvgIpc) is 2.72. The van der Waals surface area contributed by atoms with Gasteiger partial charge in [-0.25, -0.2) is 0 Å². The van der Waals surface area contributed by atoms with Gasteiger partial charge in [0.15, 0.2) is 0 Å². The highest BCUT2D eigenvalue weighted by Crippen LogP contribution is 2.29. The summed E-state index contributed by atoms with van der Waals surface area (Å²) in [6.45, 7) is 7.34. The quantitative estimate of drug-likeness (QED) is 0.294. The number of rotatable bonds is 14. The van der Waals surface area contributed by atoms with E-state index in [0.29, 0.717) is 13.2 Å². The van der Waals surface area contributed by atoms with Crippen molar-refractivity contribution in [2.45, 2.75) is 55.9 Å². The minimum absolute atomic E-state index is 0.614. The molecule has 0 bridgehead atoms. The first-order chi connectivity index (χ1) is 14.1. The van der Waals surface area contributed by atoms with Crippen molar-refractivity contribution in [3.05, 3.63) is 59.7 Å². The van der Waals surface area contributed by atoms with Gasteiger partial charge in [-0.05, 0) is 69.9 Å². The van der Waals surface area contributed by atoms with Gasteiger partial charge in [0.25, 0.3) is 10.0 Å². The summed E-state index contributed by atoms with van der Waals surface area (Å²) in [5, 5.41) is 0. The summed E-state index contributed by atoms with van der Waals surface area (Å²) in [6, 6.07) is 18.4. The van der Waals surface area contributed by atoms with Crippen molar-refractivity contribution >= 4 is 30.6 Å². The largest absolute Gasteiger partial charge is 0.491 e. The minimum Gasteiger partial charge on any atom is -0.403 e. The molecule has 0 N–H and O–H groups in total. The van der Waals surface area contributed by atoms with Gasteiger partial charge in [0, 0.05) is 36.2 Å². The summed E-state index contributed by atoms with van der Waals surface area (Å²) in [5.41, 5.74) is 2.66. The summed E-state index contributed by atoms with van der Waals surface area (Å²) in [5.74, 6) is 0. The maximum atomic E-state index is 6.01. The summed E-state index contributed by atoms with van der Waals surface area (Å²) in [7, 11) is -1.94. The lowest BCUT2D eigenvalue weighted by Gasteiger charge is -2.29. The number of hydrogen-bond donors (Lipinski definition) is 0. The van der Waals surface area contributed by atoms with Crippen LogP contribution in [-0.4, -0.2) is 39.1 Å². The predicted octanol–water partition coefficient (Wildman–Crippen LogP) is 5.14. The highest BCUT2D eigenvalue weighted by atomic mass is 32.2. The lowest BCUT2D eigenvalue weighted by Crippen LogP contribution is -2.47. The van der Waals surface area contributed by atoms with E-state index < -0.39 is 18.8 Å². The lowest BCUT2D eigenvalue weighted by molar-refractivity contribution is 0.109. The third kappa shape index (κ3) is 8.76. The monoisotopic (exact) mass is 450 g/mol. The second-order valence-corrected chi connectivity index (χ2v) is 12.4. The van der Waals surface area contributed by atoms with E-state index in [-0.39, 0.29) is 0 Å². The molecule has 29 heavy (non-hydrogen) atoms. The zero-order valence-corrected chi connectivity index (χ0v) is 21.3. The molecule has 4 nitrogen and oxygen atoms in total. The van der Waals surface area contributed by atoms with Crippen molar-refractivity contribution in [2.24, 2.45) is 0 Å². The summed E-state index contributed by atoms with van der Waals surface area (Å²) in [6.07, 6.45) is 3.16. The molecule has 2 aromatic carbocycles. The van der Waals surface area contributed by atoms with Crippen LogP contribution in [0.2, 0.25) is 6.04 Å². The third-order valence-corrected chi connectivity index (χ3v) is 10.4. The lowest BCUT2D eigenvalue weighted by atomic mass is 10.1. The Kier molecular flexibility index (Phi) is 11.2. The average molecular weight is 451 g/mol. The van der Waals surface area contributed by atoms with Crippen molar-refractivity contribution in [2.75, 3.05) is 20.3 Å². The van der Waals surface area contributed by atoms with Crippen molar-refractivity contribution in [3.63, 3.8) is 0 Å². The van der Waals surface area contributed by atoms with E-state index in [0.717, 1.165) is 25.3 Å². The van der Waals surface area contributed by atoms with Crippen molar-refractivity contribution in [1.29, 1.82) is 0 Å². The molecule has 0 aromatic heterocycles. The van der Waals surface area contributed by atoms with Crippen molar-refractivity contribution in [3.8, 4) is 0 Å². The molecule has 0 radical (unpaired) electrons. The molecule has 0 saturated carbocycles. The molecule has 0 spiro atoms. The first kappa shape index (κ1) is 24.3. The van der Waals surface area contributed by atoms with E-state index >= 15 is 0 Å². The Morgan fingerprint density at radius 1 is 0.931 bits per heavy atom. The SMILES string of the molecule is CCO[Si](CCCCc1cccc(Sc2ccc(C)cc2)c1)(OCC)O[SiH2]OC. The van der Waals surface area contributed by atoms with Crippen LogP contribution in [0.3, 0.4) is 0 Å². The van der Waals surface area contributed by atoms with Gasteiger partial charge >= 0.3 is 8.80 Å². The Balaban J connectivity index is 1.87. The molecule has 7 heteroatoms. The van der Waals surface area contributed by atoms with E-state index in [1.807, 2.05) is 25.6 Å². The van der Waals surface area contributed by atoms with E-state index in [2.05, 4.69) is 55.5 Å². The van der Waals surface area contributed by atoms with Crippen LogP contribution in [-0.2, 0) is 23.8 Å². The fraction of sp³-hybridized carbons (Fsp3) is 0.455. The summed E-state index contributed by atoms with van der Waals surface area (Å²) >= 11 is 1.81. The van der Waals surface area contributed by atoms with Crippen LogP contribution in [0.4, 0.5) is 0 Å². The van der Waals surface area contributed by atoms with Gasteiger partial charge in [0.1, 0.15) is 0 Å². The predicted molar refractivity (Wildman–Crippen MR) is 125 cm³/mol. The Morgan fingerprint density at radius 2 is 1.66 bits per heavy atom. The van der Waals surface area contributed by atoms with Gasteiger partial charge in [-0.15, -0.1) is 0 Å². The minimum atomic E-state index is -2.59. The first-order valence-electron chi connectivity index (χ1n) is 10.3. The Morgan fingerprint density at radius 3 is 2.31 bits per heavy atom. The van der Waals surface area contributed by atoms with Gasteiger partial charge in [-0.2, -0.15) is 0 Å². The summed E-state index contributed by atoms with van der Waals surface area (Å²) < 4.78 is 23.2. The van der Waals surface area contributed by atoms with Gasteiger partial charge < -0.3 is 17.4 Å². The van der Waals surface area contributed by atoms with E-state index in [1.54, 1.807) is 7.11 Å². The van der Waals surface area contributed by atoms with Crippen LogP contribution in [0, 0.1) is 6.92 Å². The zero-order chi connectivity index (χ0) is 21.0. The molecule has 160 valence electrons. The third-order valence-electron chi connectivity index (χ3n) is 4.48. The van der Waals surface area contributed by atoms with Crippen LogP contribution in [0.1, 0.15) is 37.8 Å². The molecule has 0 aliphatic rings. The highest BCUT2D eigenvalue weighted by Gasteiger charge is 2.39. The summed E-state index contributed by atoms with van der Waals surface area (Å²) in [4.78, 5) is 2.56. The topological polar surface area (TPSA) is 36.9 Å². The van der Waals surface area contributed by atoms with Gasteiger partial charge in [0.2, 0.25) is 0 Å². The first-order valence-corrected chi connectivity index (χ1v) is 14.3. The van der Waals surface area contributed by atoms with Crippen LogP contribution in [0.25, 0.3) is 0 Å². The van der Waals surface area contributed by atoms with Crippen LogP contribution in [0.15, 0.2) is 58.3 Å². The standard InChI is InChI=1S/C22H34O4SSi2/c1-5-24-29(25-6-2,26-28-23-4)17-8-7-10-20-11-9-12-22(18-20)27-21-15-13-19(3)14-16-21/h9,11-16,18H,5-8,10,17,28H2,1-4H3. The number of unbranched alkanes of at least 4 members (excludes halogenated alkanes) is 1. The molecular weight excluding hydrogens is 416 g/mol. The fourth-order valence-electron chi connectivity index (χ4n) is 3.11. The molecule has 0 amide bonds. The molecule has 0 aliphatic carbocycles.